The van der Waals surface area contributed by atoms with E-state index in [1.54, 1.807) is 4.72 Å². The summed E-state index contributed by atoms with van der Waals surface area (Å²) in [6, 6.07) is 1.46. The van der Waals surface area contributed by atoms with Crippen LogP contribution in [0.1, 0.15) is 56.4 Å². The number of ether oxygens (including phenoxy) is 1. The number of nitrogens with one attached hydrogen (secondary N) is 2. The molecule has 29 heavy (non-hydrogen) atoms. The fourth-order valence-electron chi connectivity index (χ4n) is 3.81. The second-order valence-electron chi connectivity index (χ2n) is 7.12. The van der Waals surface area contributed by atoms with E-state index in [2.05, 4.69) is 5.32 Å². The SMILES string of the molecule is [2H]C([2H])([2H])C(O)(c1cc(S(=O)(=O)NC(=O)Nc2c3c(cc4c2CCO4)CCC3)oc1C)C([2H])([2H])[2H]. The predicted octanol–water partition coefficient (Wildman–Crippen LogP) is 2.75. The van der Waals surface area contributed by atoms with Gasteiger partial charge in [0.2, 0.25) is 5.09 Å². The summed E-state index contributed by atoms with van der Waals surface area (Å²) in [5, 5.41) is 12.4. The minimum atomic E-state index is -4.70. The number of sulfonamides is 1. The van der Waals surface area contributed by atoms with E-state index in [1.807, 2.05) is 6.07 Å². The standard InChI is InChI=1S/C20H24N2O6S/c1-11-15(20(2,3)24)10-17(28-11)29(25,26)22-19(23)21-18-13-6-4-5-12(13)9-16-14(18)7-8-27-16/h9-10,24H,4-8H2,1-3H3,(H2,21,22,23)/i2D3,3D3. The lowest BCUT2D eigenvalue weighted by molar-refractivity contribution is 0.0769. The second-order valence-corrected chi connectivity index (χ2v) is 8.74. The molecular weight excluding hydrogens is 396 g/mol. The molecule has 8 nitrogen and oxygen atoms in total. The molecule has 2 aliphatic rings. The van der Waals surface area contributed by atoms with Crippen LogP contribution >= 0.6 is 0 Å². The molecule has 2 amide bonds. The highest BCUT2D eigenvalue weighted by molar-refractivity contribution is 7.89. The van der Waals surface area contributed by atoms with Gasteiger partial charge in [-0.2, -0.15) is 8.42 Å². The highest BCUT2D eigenvalue weighted by Gasteiger charge is 2.30. The van der Waals surface area contributed by atoms with Crippen LogP contribution in [0.3, 0.4) is 0 Å². The molecule has 1 aliphatic heterocycles. The number of carbonyl (C=O) groups is 1. The Bertz CT molecular complexity index is 1250. The highest BCUT2D eigenvalue weighted by Crippen LogP contribution is 2.40. The minimum absolute atomic E-state index is 0.434. The van der Waals surface area contributed by atoms with E-state index >= 15 is 0 Å². The summed E-state index contributed by atoms with van der Waals surface area (Å²) < 4.78 is 83.4. The Balaban J connectivity index is 1.63. The van der Waals surface area contributed by atoms with Gasteiger partial charge < -0.3 is 19.6 Å². The van der Waals surface area contributed by atoms with Gasteiger partial charge in [-0.3, -0.25) is 0 Å². The van der Waals surface area contributed by atoms with Crippen LogP contribution in [0, 0.1) is 6.92 Å². The van der Waals surface area contributed by atoms with E-state index in [9.17, 15) is 18.3 Å². The van der Waals surface area contributed by atoms with Crippen LogP contribution in [0.25, 0.3) is 0 Å². The van der Waals surface area contributed by atoms with Crippen molar-refractivity contribution in [3.8, 4) is 5.75 Å². The number of hydrogen-bond donors (Lipinski definition) is 3. The van der Waals surface area contributed by atoms with Gasteiger partial charge in [-0.1, -0.05) is 0 Å². The van der Waals surface area contributed by atoms with Gasteiger partial charge in [-0.15, -0.1) is 0 Å². The molecule has 0 atom stereocenters. The molecule has 0 radical (unpaired) electrons. The lowest BCUT2D eigenvalue weighted by Crippen LogP contribution is -2.34. The van der Waals surface area contributed by atoms with Crippen LogP contribution in [0.2, 0.25) is 0 Å². The first-order valence-electron chi connectivity index (χ1n) is 12.0. The molecule has 1 aromatic carbocycles. The van der Waals surface area contributed by atoms with Crippen LogP contribution in [-0.4, -0.2) is 26.2 Å². The largest absolute Gasteiger partial charge is 0.493 e. The van der Waals surface area contributed by atoms with Crippen LogP contribution in [0.15, 0.2) is 21.6 Å². The number of aryl methyl sites for hydroxylation is 2. The Morgan fingerprint density at radius 3 is 2.79 bits per heavy atom. The van der Waals surface area contributed by atoms with Crippen molar-refractivity contribution in [3.63, 3.8) is 0 Å². The number of urea groups is 1. The third kappa shape index (κ3) is 3.60. The zero-order valence-corrected chi connectivity index (χ0v) is 16.4. The number of amides is 2. The Labute approximate surface area is 177 Å². The molecular formula is C20H24N2O6S. The molecule has 1 aliphatic carbocycles. The van der Waals surface area contributed by atoms with E-state index in [-0.39, 0.29) is 0 Å². The van der Waals surface area contributed by atoms with Crippen LogP contribution in [-0.2, 0) is 34.9 Å². The summed E-state index contributed by atoms with van der Waals surface area (Å²) in [6.45, 7) is -5.31. The maximum atomic E-state index is 12.8. The van der Waals surface area contributed by atoms with Crippen molar-refractivity contribution in [2.75, 3.05) is 11.9 Å². The second kappa shape index (κ2) is 6.77. The van der Waals surface area contributed by atoms with Crippen molar-refractivity contribution in [3.05, 3.63) is 40.1 Å². The molecule has 9 heteroatoms. The fraction of sp³-hybridized carbons (Fsp3) is 0.450. The molecule has 0 unspecified atom stereocenters. The summed E-state index contributed by atoms with van der Waals surface area (Å²) in [5.41, 5.74) is -0.934. The minimum Gasteiger partial charge on any atom is -0.493 e. The first-order valence-corrected chi connectivity index (χ1v) is 10.5. The first kappa shape index (κ1) is 13.7. The van der Waals surface area contributed by atoms with Crippen molar-refractivity contribution >= 4 is 21.7 Å². The third-order valence-electron chi connectivity index (χ3n) is 5.09. The van der Waals surface area contributed by atoms with Crippen molar-refractivity contribution in [1.82, 2.24) is 4.72 Å². The average Bonchev–Trinajstić information content (AvgIpc) is 3.44. The van der Waals surface area contributed by atoms with Crippen molar-refractivity contribution in [1.29, 1.82) is 0 Å². The zero-order chi connectivity index (χ0) is 26.0. The smallest absolute Gasteiger partial charge is 0.333 e. The molecule has 156 valence electrons. The third-order valence-corrected chi connectivity index (χ3v) is 6.28. The number of furan rings is 1. The number of benzene rings is 1. The lowest BCUT2D eigenvalue weighted by atomic mass is 10.00. The van der Waals surface area contributed by atoms with E-state index in [1.165, 1.54) is 0 Å². The molecule has 1 aromatic heterocycles. The Morgan fingerprint density at radius 2 is 2.03 bits per heavy atom. The quantitative estimate of drug-likeness (QED) is 0.692. The molecule has 0 saturated carbocycles. The number of fused-ring (bicyclic) bond motifs is 2. The van der Waals surface area contributed by atoms with Gasteiger partial charge in [0.1, 0.15) is 11.5 Å². The number of hydrogen-bond acceptors (Lipinski definition) is 6. The van der Waals surface area contributed by atoms with Gasteiger partial charge >= 0.3 is 6.03 Å². The molecule has 3 N–H and O–H groups in total. The van der Waals surface area contributed by atoms with E-state index in [4.69, 9.17) is 17.4 Å². The molecule has 0 spiro atoms. The summed E-state index contributed by atoms with van der Waals surface area (Å²) >= 11 is 0. The van der Waals surface area contributed by atoms with E-state index in [0.717, 1.165) is 36.5 Å². The van der Waals surface area contributed by atoms with Crippen LogP contribution in [0.5, 0.6) is 5.75 Å². The van der Waals surface area contributed by atoms with Gasteiger partial charge in [0.15, 0.2) is 0 Å². The molecule has 0 saturated heterocycles. The van der Waals surface area contributed by atoms with Crippen LogP contribution in [0.4, 0.5) is 10.5 Å². The maximum Gasteiger partial charge on any atom is 0.333 e. The average molecular weight is 427 g/mol. The van der Waals surface area contributed by atoms with E-state index in [0.29, 0.717) is 37.0 Å². The van der Waals surface area contributed by atoms with Gasteiger partial charge in [-0.05, 0) is 57.1 Å². The number of aliphatic hydroxyl groups is 1. The topological polar surface area (TPSA) is 118 Å². The Kier molecular flexibility index (Phi) is 3.19. The molecule has 0 bridgehead atoms. The zero-order valence-electron chi connectivity index (χ0n) is 21.6. The molecule has 0 fully saturated rings. The predicted molar refractivity (Wildman–Crippen MR) is 106 cm³/mol. The van der Waals surface area contributed by atoms with Gasteiger partial charge in [0, 0.05) is 31.8 Å². The Morgan fingerprint density at radius 1 is 1.24 bits per heavy atom. The maximum absolute atomic E-state index is 12.8. The fourth-order valence-corrected chi connectivity index (χ4v) is 4.71. The Hall–Kier alpha value is -2.52. The van der Waals surface area contributed by atoms with Gasteiger partial charge in [-0.25, -0.2) is 9.52 Å². The summed E-state index contributed by atoms with van der Waals surface area (Å²) in [4.78, 5) is 12.7. The van der Waals surface area contributed by atoms with E-state index < -0.39 is 51.8 Å². The summed E-state index contributed by atoms with van der Waals surface area (Å²) in [6.07, 6.45) is 2.96. The van der Waals surface area contributed by atoms with Crippen molar-refractivity contribution in [2.24, 2.45) is 0 Å². The monoisotopic (exact) mass is 426 g/mol. The van der Waals surface area contributed by atoms with Crippen molar-refractivity contribution < 1.29 is 35.7 Å². The van der Waals surface area contributed by atoms with Gasteiger partial charge in [0.05, 0.1) is 17.9 Å². The normalized spacial score (nSPS) is 19.5. The number of rotatable bonds is 4. The highest BCUT2D eigenvalue weighted by atomic mass is 32.2. The summed E-state index contributed by atoms with van der Waals surface area (Å²) in [7, 11) is -4.70. The lowest BCUT2D eigenvalue weighted by Gasteiger charge is -2.15. The number of anilines is 1. The summed E-state index contributed by atoms with van der Waals surface area (Å²) in [5.74, 6) is 0.208. The van der Waals surface area contributed by atoms with Crippen molar-refractivity contribution in [2.45, 2.75) is 57.0 Å². The molecule has 4 rings (SSSR count). The first-order chi connectivity index (χ1) is 16.1. The number of carbonyl (C=O) groups excluding carboxylic acids is 1. The van der Waals surface area contributed by atoms with Gasteiger partial charge in [0.25, 0.3) is 10.0 Å². The molecule has 2 heterocycles. The van der Waals surface area contributed by atoms with Crippen LogP contribution < -0.4 is 14.8 Å². The molecule has 2 aromatic rings.